The first-order valence-corrected chi connectivity index (χ1v) is 42.1. The lowest BCUT2D eigenvalue weighted by atomic mass is 10.1. The average molecular weight is 1640 g/mol. The summed E-state index contributed by atoms with van der Waals surface area (Å²) in [4.78, 5) is 46.8. The smallest absolute Gasteiger partial charge is 0.338 e. The molecule has 4 heterocycles. The highest BCUT2D eigenvalue weighted by Gasteiger charge is 2.50. The van der Waals surface area contributed by atoms with E-state index in [0.29, 0.717) is 65.4 Å². The van der Waals surface area contributed by atoms with E-state index in [1.54, 1.807) is 56.9 Å². The highest BCUT2D eigenvalue weighted by atomic mass is 32.2. The molecule has 8 aromatic rings. The van der Waals surface area contributed by atoms with E-state index in [2.05, 4.69) is 65.1 Å². The molecule has 4 aliphatic rings. The molecule has 614 valence electrons. The molecule has 0 saturated carbocycles. The Labute approximate surface area is 689 Å². The Morgan fingerprint density at radius 1 is 0.360 bits per heavy atom. The van der Waals surface area contributed by atoms with Crippen molar-refractivity contribution in [2.45, 2.75) is 91.8 Å². The lowest BCUT2D eigenvalue weighted by molar-refractivity contribution is -0.159. The molecule has 0 aromatic heterocycles. The molecule has 7 N–H and O–H groups in total. The van der Waals surface area contributed by atoms with Crippen molar-refractivity contribution < 1.29 is 67.3 Å². The zero-order valence-electron chi connectivity index (χ0n) is 67.0. The van der Waals surface area contributed by atoms with Gasteiger partial charge in [0.2, 0.25) is 0 Å². The first-order valence-electron chi connectivity index (χ1n) is 38.1. The summed E-state index contributed by atoms with van der Waals surface area (Å²) >= 11 is 8.06. The van der Waals surface area contributed by atoms with Crippen LogP contribution in [-0.2, 0) is 71.5 Å². The number of aliphatic hydroxyl groups is 1. The molecular weight excluding hydrogens is 1520 g/mol. The Hall–Kier alpha value is -8.23. The van der Waals surface area contributed by atoms with Gasteiger partial charge in [-0.2, -0.15) is 0 Å². The van der Waals surface area contributed by atoms with Crippen LogP contribution in [-0.4, -0.2) is 214 Å². The van der Waals surface area contributed by atoms with Gasteiger partial charge in [0.25, 0.3) is 5.91 Å². The quantitative estimate of drug-likeness (QED) is 0.0113. The topological polar surface area (TPSA) is 248 Å². The van der Waals surface area contributed by atoms with Crippen molar-refractivity contribution in [1.82, 2.24) is 46.3 Å². The van der Waals surface area contributed by atoms with Gasteiger partial charge in [0.1, 0.15) is 52.2 Å². The summed E-state index contributed by atoms with van der Waals surface area (Å²) in [6.07, 6.45) is 0.991. The maximum atomic E-state index is 13.1. The fraction of sp³-hybridized carbons (Fsp3) is 0.414. The largest absolute Gasteiger partial charge is 0.497 e. The predicted molar refractivity (Wildman–Crippen MR) is 457 cm³/mol. The molecule has 27 heteroatoms. The second-order valence-electron chi connectivity index (χ2n) is 27.7. The van der Waals surface area contributed by atoms with Crippen LogP contribution in [0.5, 0.6) is 46.0 Å². The summed E-state index contributed by atoms with van der Waals surface area (Å²) in [6, 6.07) is 63.4. The highest BCUT2D eigenvalue weighted by Crippen LogP contribution is 2.48. The van der Waals surface area contributed by atoms with E-state index < -0.39 is 24.3 Å². The number of amides is 1. The molecular formula is C87H113N9O14S4. The van der Waals surface area contributed by atoms with Gasteiger partial charge in [-0.1, -0.05) is 97.1 Å². The van der Waals surface area contributed by atoms with Crippen molar-refractivity contribution in [3.63, 3.8) is 0 Å². The molecule has 4 aliphatic heterocycles. The number of methoxy groups -OCH3 is 9. The second kappa shape index (κ2) is 47.7. The Balaban J connectivity index is 0.000000176. The molecule has 2 spiro atoms. The number of ketones is 1. The van der Waals surface area contributed by atoms with Gasteiger partial charge in [-0.3, -0.25) is 34.4 Å². The van der Waals surface area contributed by atoms with E-state index in [1.165, 1.54) is 20.0 Å². The Bertz CT molecular complexity index is 3720. The van der Waals surface area contributed by atoms with Gasteiger partial charge in [0.05, 0.1) is 91.3 Å². The van der Waals surface area contributed by atoms with Crippen molar-refractivity contribution in [2.24, 2.45) is 0 Å². The monoisotopic (exact) mass is 1640 g/mol. The van der Waals surface area contributed by atoms with Crippen LogP contribution in [0.25, 0.3) is 0 Å². The van der Waals surface area contributed by atoms with Crippen molar-refractivity contribution in [3.8, 4) is 46.0 Å². The van der Waals surface area contributed by atoms with Gasteiger partial charge in [0.15, 0.2) is 11.9 Å². The zero-order valence-corrected chi connectivity index (χ0v) is 70.2. The number of thioether (sulfide) groups is 4. The summed E-state index contributed by atoms with van der Waals surface area (Å²) in [7, 11) is 14.7. The number of aliphatic hydroxyl groups excluding tert-OH is 1. The van der Waals surface area contributed by atoms with Crippen molar-refractivity contribution >= 4 is 64.7 Å². The number of carbonyl (C=O) groups excluding carboxylic acids is 3. The fourth-order valence-corrected chi connectivity index (χ4v) is 20.3. The molecule has 0 aliphatic carbocycles. The van der Waals surface area contributed by atoms with E-state index in [9.17, 15) is 24.7 Å². The third-order valence-corrected chi connectivity index (χ3v) is 26.0. The van der Waals surface area contributed by atoms with E-state index in [-0.39, 0.29) is 19.9 Å². The number of carbonyl (C=O) groups is 3. The zero-order chi connectivity index (χ0) is 80.9. The van der Waals surface area contributed by atoms with Gasteiger partial charge in [-0.15, -0.1) is 47.0 Å². The summed E-state index contributed by atoms with van der Waals surface area (Å²) in [5.74, 6) is 10.7. The lowest BCUT2D eigenvalue weighted by Crippen LogP contribution is -2.66. The number of hydrogen-bond acceptors (Lipinski definition) is 26. The minimum atomic E-state index is -0.576. The van der Waals surface area contributed by atoms with Crippen LogP contribution < -0.4 is 64.6 Å². The Morgan fingerprint density at radius 3 is 0.816 bits per heavy atom. The van der Waals surface area contributed by atoms with Gasteiger partial charge in [0, 0.05) is 91.6 Å². The highest BCUT2D eigenvalue weighted by molar-refractivity contribution is 8.19. The maximum absolute atomic E-state index is 13.1. The molecule has 0 radical (unpaired) electrons. The molecule has 4 fully saturated rings. The summed E-state index contributed by atoms with van der Waals surface area (Å²) in [5.41, 5.74) is 11.0. The first-order chi connectivity index (χ1) is 55.5. The number of benzene rings is 8. The second-order valence-corrected chi connectivity index (χ2v) is 34.2. The van der Waals surface area contributed by atoms with E-state index in [0.717, 1.165) is 153 Å². The van der Waals surface area contributed by atoms with Crippen LogP contribution in [0, 0.1) is 0 Å². The molecule has 23 nitrogen and oxygen atoms in total. The number of nitrogens with zero attached hydrogens (tertiary/aromatic N) is 4. The first kappa shape index (κ1) is 89.7. The molecule has 0 atom stereocenters. The van der Waals surface area contributed by atoms with Crippen molar-refractivity contribution in [3.05, 3.63) is 239 Å². The predicted octanol–water partition coefficient (Wildman–Crippen LogP) is 11.6. The van der Waals surface area contributed by atoms with E-state index in [1.807, 2.05) is 222 Å². The molecule has 0 bridgehead atoms. The van der Waals surface area contributed by atoms with Crippen LogP contribution in [0.15, 0.2) is 194 Å². The van der Waals surface area contributed by atoms with Gasteiger partial charge < -0.3 is 69.0 Å². The van der Waals surface area contributed by atoms with Crippen LogP contribution in [0.1, 0.15) is 57.3 Å². The van der Waals surface area contributed by atoms with Crippen LogP contribution in [0.4, 0.5) is 0 Å². The molecule has 8 aromatic carbocycles. The van der Waals surface area contributed by atoms with Crippen molar-refractivity contribution in [2.75, 3.05) is 139 Å². The number of ether oxygens (including phenoxy) is 9. The number of hydroxylamine groups is 1. The van der Waals surface area contributed by atoms with Crippen molar-refractivity contribution in [1.29, 1.82) is 0 Å². The molecule has 4 saturated heterocycles. The van der Waals surface area contributed by atoms with Gasteiger partial charge in [-0.05, 0) is 177 Å². The summed E-state index contributed by atoms with van der Waals surface area (Å²) in [5, 5.41) is 32.4. The number of nitrogens with one attached hydrogen (secondary N) is 5. The molecule has 114 heavy (non-hydrogen) atoms. The number of rotatable bonds is 34. The lowest BCUT2D eigenvalue weighted by Gasteiger charge is -2.52. The molecule has 0 unspecified atom stereocenters. The average Bonchev–Trinajstić information content (AvgIpc) is 0.770. The van der Waals surface area contributed by atoms with Crippen LogP contribution in [0.3, 0.4) is 0 Å². The standard InChI is InChI=1S/C25H32N2O4S2.C24H31N3O4S2.C19H26N2O3.C19H24N2O3/c1-29-21-9-5-19(6-10-21)15-26-17-25(32-13-4-14-33-25)18-27(23(26)24(28)31-3)16-20-7-11-22(30-2)12-8-20;1-30-20-8-4-18(5-9-20)14-26-16-24(32-12-3-13-33-24)17-27(23(26)22(28)25-29)15-19-6-10-21(31-2)11-7-19;2*1-23-18-7-3-15(4-8-18)11-20-13-17(22)14-21-12-16-5-9-19(24-2)10-6-16/h5-12,23H,4,13-18H2,1-3H3;4-11,23,29H,3,12-17H2,1-2H3,(H,25,28);3-10,17,20-22H,11-14H2,1-2H3;3-10,20-21H,11-14H2,1-2H3. The fourth-order valence-electron chi connectivity index (χ4n) is 13.5. The number of hydrogen-bond donors (Lipinski definition) is 7. The molecule has 12 rings (SSSR count). The number of esters is 1. The summed E-state index contributed by atoms with van der Waals surface area (Å²) < 4.78 is 47.0. The SMILES string of the molecule is COC(=O)C1N(Cc2ccc(OC)cc2)CC2(CN1Cc1ccc(OC)cc1)SCCCS2.COc1ccc(CN2CC3(CN(Cc4ccc(OC)cc4)C2C(=O)NO)SCCCS3)cc1.COc1ccc(CNCC(=O)CNCc2ccc(OC)cc2)cc1.COc1ccc(CNCC(O)CNCc2ccc(OC)cc2)cc1. The van der Waals surface area contributed by atoms with E-state index in [4.69, 9.17) is 42.6 Å². The minimum absolute atomic E-state index is 0.0105. The normalized spacial score (nSPS) is 16.2. The summed E-state index contributed by atoms with van der Waals surface area (Å²) in [6.45, 7) is 10.3. The Kier molecular flexibility index (Phi) is 37.5. The Morgan fingerprint density at radius 2 is 0.588 bits per heavy atom. The minimum Gasteiger partial charge on any atom is -0.497 e. The number of Topliss-reactive ketones (excluding diaryl/α,β-unsaturated/α-hetero) is 1. The maximum Gasteiger partial charge on any atom is 0.338 e. The third kappa shape index (κ3) is 28.6. The van der Waals surface area contributed by atoms with Gasteiger partial charge in [-0.25, -0.2) is 10.3 Å². The van der Waals surface area contributed by atoms with Crippen LogP contribution in [0.2, 0.25) is 0 Å². The third-order valence-electron chi connectivity index (χ3n) is 19.5. The van der Waals surface area contributed by atoms with Gasteiger partial charge >= 0.3 is 5.97 Å². The molecule has 1 amide bonds. The van der Waals surface area contributed by atoms with E-state index >= 15 is 0 Å². The van der Waals surface area contributed by atoms with Crippen LogP contribution >= 0.6 is 47.0 Å².